The summed E-state index contributed by atoms with van der Waals surface area (Å²) in [6.45, 7) is 3.14. The number of ether oxygens (including phenoxy) is 3. The molecule has 0 amide bonds. The van der Waals surface area contributed by atoms with Crippen molar-refractivity contribution in [3.63, 3.8) is 0 Å². The minimum atomic E-state index is -0.659. The molecule has 0 atom stereocenters. The lowest BCUT2D eigenvalue weighted by Crippen LogP contribution is -2.16. The molecule has 0 aliphatic carbocycles. The van der Waals surface area contributed by atoms with Gasteiger partial charge in [-0.25, -0.2) is 0 Å². The van der Waals surface area contributed by atoms with Crippen LogP contribution in [0, 0.1) is 22.7 Å². The quantitative estimate of drug-likeness (QED) is 0.724. The number of anilines is 1. The average Bonchev–Trinajstić information content (AvgIpc) is 2.64. The zero-order valence-electron chi connectivity index (χ0n) is 14.5. The Kier molecular flexibility index (Phi) is 6.20. The molecular formula is C18H18N4O4. The van der Waals surface area contributed by atoms with E-state index in [-0.39, 0.29) is 22.5 Å². The zero-order valence-corrected chi connectivity index (χ0v) is 14.5. The van der Waals surface area contributed by atoms with Crippen LogP contribution in [0.25, 0.3) is 11.1 Å². The number of nitriles is 2. The van der Waals surface area contributed by atoms with Gasteiger partial charge in [0.25, 0.3) is 5.56 Å². The first-order chi connectivity index (χ1) is 12.6. The number of nitrogens with one attached hydrogen (secondary N) is 1. The molecular weight excluding hydrogens is 336 g/mol. The number of hydrogen-bond donors (Lipinski definition) is 2. The lowest BCUT2D eigenvalue weighted by molar-refractivity contribution is 0.109. The zero-order chi connectivity index (χ0) is 19.1. The molecule has 0 aliphatic rings. The molecule has 26 heavy (non-hydrogen) atoms. The number of nitrogen functional groups attached to an aromatic ring is 1. The fourth-order valence-corrected chi connectivity index (χ4v) is 2.43. The van der Waals surface area contributed by atoms with Gasteiger partial charge in [0.2, 0.25) is 0 Å². The highest BCUT2D eigenvalue weighted by Crippen LogP contribution is 2.35. The standard InChI is InChI=1S/C18H18N4O4/c1-3-25-6-7-26-15-8-11(4-5-14(15)24-2)16-12(9-19)17(21)22-18(23)13(16)10-20/h4-5,8H,3,6-7H2,1-2H3,(H3,21,22,23). The van der Waals surface area contributed by atoms with Crippen molar-refractivity contribution in [3.05, 3.63) is 39.7 Å². The molecule has 8 nitrogen and oxygen atoms in total. The summed E-state index contributed by atoms with van der Waals surface area (Å²) >= 11 is 0. The van der Waals surface area contributed by atoms with Gasteiger partial charge in [0.1, 0.15) is 35.7 Å². The molecule has 0 spiro atoms. The largest absolute Gasteiger partial charge is 0.493 e. The maximum absolute atomic E-state index is 12.0. The van der Waals surface area contributed by atoms with E-state index in [0.717, 1.165) is 0 Å². The van der Waals surface area contributed by atoms with Gasteiger partial charge >= 0.3 is 0 Å². The number of nitrogens with zero attached hydrogens (tertiary/aromatic N) is 2. The molecule has 0 radical (unpaired) electrons. The molecule has 1 aromatic heterocycles. The minimum absolute atomic E-state index is 0.0200. The molecule has 0 bridgehead atoms. The first kappa shape index (κ1) is 18.8. The highest BCUT2D eigenvalue weighted by atomic mass is 16.5. The van der Waals surface area contributed by atoms with Gasteiger partial charge in [-0.15, -0.1) is 0 Å². The van der Waals surface area contributed by atoms with E-state index in [4.69, 9.17) is 19.9 Å². The van der Waals surface area contributed by atoms with Crippen LogP contribution in [0.1, 0.15) is 18.1 Å². The van der Waals surface area contributed by atoms with Crippen LogP contribution < -0.4 is 20.8 Å². The molecule has 1 heterocycles. The first-order valence-corrected chi connectivity index (χ1v) is 7.82. The maximum atomic E-state index is 12.0. The number of aromatic nitrogens is 1. The Labute approximate surface area is 150 Å². The summed E-state index contributed by atoms with van der Waals surface area (Å²) in [5, 5.41) is 18.8. The van der Waals surface area contributed by atoms with E-state index in [1.165, 1.54) is 7.11 Å². The second-order valence-corrected chi connectivity index (χ2v) is 5.13. The third kappa shape index (κ3) is 3.77. The fraction of sp³-hybridized carbons (Fsp3) is 0.278. The molecule has 0 aliphatic heterocycles. The Balaban J connectivity index is 2.58. The molecule has 2 rings (SSSR count). The summed E-state index contributed by atoms with van der Waals surface area (Å²) in [5.41, 5.74) is 5.52. The average molecular weight is 354 g/mol. The Morgan fingerprint density at radius 3 is 2.50 bits per heavy atom. The number of nitrogens with two attached hydrogens (primary N) is 1. The van der Waals surface area contributed by atoms with Gasteiger partial charge in [0, 0.05) is 12.2 Å². The molecule has 0 saturated heterocycles. The number of pyridine rings is 1. The topological polar surface area (TPSA) is 134 Å². The van der Waals surface area contributed by atoms with Crippen LogP contribution in [0.5, 0.6) is 11.5 Å². The van der Waals surface area contributed by atoms with Gasteiger partial charge in [-0.3, -0.25) is 4.79 Å². The van der Waals surface area contributed by atoms with Crippen molar-refractivity contribution < 1.29 is 14.2 Å². The van der Waals surface area contributed by atoms with Crippen LogP contribution in [0.4, 0.5) is 5.82 Å². The van der Waals surface area contributed by atoms with E-state index in [1.54, 1.807) is 18.2 Å². The van der Waals surface area contributed by atoms with Crippen molar-refractivity contribution in [2.75, 3.05) is 32.7 Å². The van der Waals surface area contributed by atoms with Crippen LogP contribution in [0.2, 0.25) is 0 Å². The third-order valence-corrected chi connectivity index (χ3v) is 3.61. The number of rotatable bonds is 7. The second-order valence-electron chi connectivity index (χ2n) is 5.13. The Morgan fingerprint density at radius 2 is 1.88 bits per heavy atom. The summed E-state index contributed by atoms with van der Waals surface area (Å²) in [7, 11) is 1.50. The predicted molar refractivity (Wildman–Crippen MR) is 94.9 cm³/mol. The van der Waals surface area contributed by atoms with Gasteiger partial charge < -0.3 is 24.9 Å². The van der Waals surface area contributed by atoms with Crippen molar-refractivity contribution in [1.29, 1.82) is 10.5 Å². The molecule has 8 heteroatoms. The summed E-state index contributed by atoms with van der Waals surface area (Å²) in [4.78, 5) is 14.4. The van der Waals surface area contributed by atoms with Crippen molar-refractivity contribution in [2.24, 2.45) is 0 Å². The second kappa shape index (κ2) is 8.56. The highest BCUT2D eigenvalue weighted by molar-refractivity contribution is 5.81. The van der Waals surface area contributed by atoms with Gasteiger partial charge in [-0.05, 0) is 24.6 Å². The lowest BCUT2D eigenvalue weighted by Gasteiger charge is -2.14. The fourth-order valence-electron chi connectivity index (χ4n) is 2.43. The van der Waals surface area contributed by atoms with E-state index in [1.807, 2.05) is 19.1 Å². The van der Waals surface area contributed by atoms with Crippen LogP contribution in [0.15, 0.2) is 23.0 Å². The van der Waals surface area contributed by atoms with Crippen molar-refractivity contribution in [2.45, 2.75) is 6.92 Å². The van der Waals surface area contributed by atoms with Gasteiger partial charge in [-0.1, -0.05) is 6.07 Å². The number of aromatic amines is 1. The van der Waals surface area contributed by atoms with Crippen LogP contribution in [-0.4, -0.2) is 31.9 Å². The normalized spacial score (nSPS) is 10.0. The molecule has 2 aromatic rings. The molecule has 134 valence electrons. The number of methoxy groups -OCH3 is 1. The van der Waals surface area contributed by atoms with E-state index in [9.17, 15) is 15.3 Å². The summed E-state index contributed by atoms with van der Waals surface area (Å²) in [5.74, 6) is 0.776. The smallest absolute Gasteiger partial charge is 0.268 e. The van der Waals surface area contributed by atoms with E-state index in [2.05, 4.69) is 4.98 Å². The summed E-state index contributed by atoms with van der Waals surface area (Å²) in [6.07, 6.45) is 0. The van der Waals surface area contributed by atoms with Crippen molar-refractivity contribution >= 4 is 5.82 Å². The number of hydrogen-bond acceptors (Lipinski definition) is 7. The van der Waals surface area contributed by atoms with Crippen molar-refractivity contribution in [3.8, 4) is 34.8 Å². The van der Waals surface area contributed by atoms with Crippen LogP contribution in [-0.2, 0) is 4.74 Å². The minimum Gasteiger partial charge on any atom is -0.493 e. The van der Waals surface area contributed by atoms with Crippen LogP contribution in [0.3, 0.4) is 0 Å². The molecule has 0 unspecified atom stereocenters. The molecule has 3 N–H and O–H groups in total. The van der Waals surface area contributed by atoms with Crippen molar-refractivity contribution in [1.82, 2.24) is 4.98 Å². The Bertz CT molecular complexity index is 938. The summed E-state index contributed by atoms with van der Waals surface area (Å²) < 4.78 is 16.2. The van der Waals surface area contributed by atoms with E-state index < -0.39 is 5.56 Å². The lowest BCUT2D eigenvalue weighted by atomic mass is 9.96. The Morgan fingerprint density at radius 1 is 1.15 bits per heavy atom. The molecule has 1 aromatic carbocycles. The highest BCUT2D eigenvalue weighted by Gasteiger charge is 2.19. The monoisotopic (exact) mass is 354 g/mol. The van der Waals surface area contributed by atoms with Gasteiger partial charge in [0.15, 0.2) is 11.5 Å². The Hall–Kier alpha value is -3.49. The molecule has 0 fully saturated rings. The maximum Gasteiger partial charge on any atom is 0.268 e. The SMILES string of the molecule is CCOCCOc1cc(-c2c(C#N)c(N)[nH]c(=O)c2C#N)ccc1OC. The number of H-pyrrole nitrogens is 1. The number of benzene rings is 1. The van der Waals surface area contributed by atoms with Gasteiger partial charge in [0.05, 0.1) is 13.7 Å². The predicted octanol–water partition coefficient (Wildman–Crippen LogP) is 1.79. The third-order valence-electron chi connectivity index (χ3n) is 3.61. The first-order valence-electron chi connectivity index (χ1n) is 7.82. The summed E-state index contributed by atoms with van der Waals surface area (Å²) in [6, 6.07) is 8.62. The van der Waals surface area contributed by atoms with E-state index >= 15 is 0 Å². The molecule has 0 saturated carbocycles. The van der Waals surface area contributed by atoms with Crippen LogP contribution >= 0.6 is 0 Å². The van der Waals surface area contributed by atoms with Gasteiger partial charge in [-0.2, -0.15) is 10.5 Å². The van der Waals surface area contributed by atoms with E-state index in [0.29, 0.717) is 36.9 Å².